The van der Waals surface area contributed by atoms with E-state index < -0.39 is 0 Å². The van der Waals surface area contributed by atoms with Gasteiger partial charge in [0.05, 0.1) is 0 Å². The Morgan fingerprint density at radius 3 is 2.67 bits per heavy atom. The standard InChI is InChI=1S/C22H20FNO3/c1-22(2)9-16-21(17(25)10-22)20(12-4-3-5-13(23)6-12)14-7-18-19(27-11-26-18)8-15(14)24-16/h3-8,20,24H,9-11H2,1-2H3. The molecule has 5 rings (SSSR count). The van der Waals surface area contributed by atoms with Gasteiger partial charge < -0.3 is 14.8 Å². The van der Waals surface area contributed by atoms with Crippen LogP contribution in [0.1, 0.15) is 43.7 Å². The van der Waals surface area contributed by atoms with Crippen LogP contribution >= 0.6 is 0 Å². The molecule has 1 unspecified atom stereocenters. The summed E-state index contributed by atoms with van der Waals surface area (Å²) in [7, 11) is 0. The summed E-state index contributed by atoms with van der Waals surface area (Å²) in [5.41, 5.74) is 4.14. The summed E-state index contributed by atoms with van der Waals surface area (Å²) in [6.07, 6.45) is 1.26. The van der Waals surface area contributed by atoms with E-state index in [2.05, 4.69) is 19.2 Å². The largest absolute Gasteiger partial charge is 0.454 e. The summed E-state index contributed by atoms with van der Waals surface area (Å²) in [6, 6.07) is 10.3. The van der Waals surface area contributed by atoms with Gasteiger partial charge >= 0.3 is 0 Å². The zero-order chi connectivity index (χ0) is 18.8. The van der Waals surface area contributed by atoms with Crippen molar-refractivity contribution < 1.29 is 18.7 Å². The predicted molar refractivity (Wildman–Crippen MR) is 99.5 cm³/mol. The average molecular weight is 365 g/mol. The lowest BCUT2D eigenvalue weighted by molar-refractivity contribution is -0.118. The molecule has 0 bridgehead atoms. The number of halogens is 1. The molecule has 2 aliphatic heterocycles. The van der Waals surface area contributed by atoms with Crippen LogP contribution in [0.4, 0.5) is 10.1 Å². The van der Waals surface area contributed by atoms with Crippen molar-refractivity contribution in [3.05, 3.63) is 64.6 Å². The molecular formula is C22H20FNO3. The van der Waals surface area contributed by atoms with E-state index in [1.54, 1.807) is 6.07 Å². The Hall–Kier alpha value is -2.82. The Bertz CT molecular complexity index is 1010. The Balaban J connectivity index is 1.74. The van der Waals surface area contributed by atoms with Gasteiger partial charge in [0.1, 0.15) is 5.82 Å². The van der Waals surface area contributed by atoms with Crippen molar-refractivity contribution in [2.45, 2.75) is 32.6 Å². The summed E-state index contributed by atoms with van der Waals surface area (Å²) in [5, 5.41) is 3.46. The smallest absolute Gasteiger partial charge is 0.231 e. The Morgan fingerprint density at radius 2 is 1.89 bits per heavy atom. The zero-order valence-electron chi connectivity index (χ0n) is 15.3. The number of fused-ring (bicyclic) bond motifs is 2. The molecule has 0 fully saturated rings. The number of carbonyl (C=O) groups is 1. The highest BCUT2D eigenvalue weighted by Crippen LogP contribution is 2.51. The van der Waals surface area contributed by atoms with Crippen LogP contribution in [0.5, 0.6) is 11.5 Å². The molecule has 1 N–H and O–H groups in total. The maximum Gasteiger partial charge on any atom is 0.231 e. The van der Waals surface area contributed by atoms with Crippen molar-refractivity contribution in [2.75, 3.05) is 12.1 Å². The minimum atomic E-state index is -0.315. The molecule has 2 heterocycles. The number of ether oxygens (including phenoxy) is 2. The van der Waals surface area contributed by atoms with Gasteiger partial charge in [-0.15, -0.1) is 0 Å². The number of Topliss-reactive ketones (excluding diaryl/α,β-unsaturated/α-hetero) is 1. The Morgan fingerprint density at radius 1 is 1.11 bits per heavy atom. The van der Waals surface area contributed by atoms with Crippen LogP contribution in [0.2, 0.25) is 0 Å². The number of hydrogen-bond donors (Lipinski definition) is 1. The number of nitrogens with one attached hydrogen (secondary N) is 1. The third-order valence-corrected chi connectivity index (χ3v) is 5.53. The van der Waals surface area contributed by atoms with Crippen molar-refractivity contribution in [3.8, 4) is 11.5 Å². The van der Waals surface area contributed by atoms with E-state index in [0.29, 0.717) is 17.9 Å². The van der Waals surface area contributed by atoms with Crippen molar-refractivity contribution in [2.24, 2.45) is 5.41 Å². The molecule has 0 radical (unpaired) electrons. The van der Waals surface area contributed by atoms with Gasteiger partial charge in [0.2, 0.25) is 6.79 Å². The summed E-state index contributed by atoms with van der Waals surface area (Å²) in [5.74, 6) is 0.838. The van der Waals surface area contributed by atoms with E-state index in [1.165, 1.54) is 12.1 Å². The molecule has 0 saturated carbocycles. The molecule has 3 aliphatic rings. The quantitative estimate of drug-likeness (QED) is 0.792. The fraction of sp³-hybridized carbons (Fsp3) is 0.318. The van der Waals surface area contributed by atoms with E-state index in [0.717, 1.165) is 34.5 Å². The Kier molecular flexibility index (Phi) is 3.39. The molecule has 0 amide bonds. The van der Waals surface area contributed by atoms with E-state index in [1.807, 2.05) is 18.2 Å². The topological polar surface area (TPSA) is 47.6 Å². The van der Waals surface area contributed by atoms with Crippen molar-refractivity contribution in [3.63, 3.8) is 0 Å². The molecule has 1 atom stereocenters. The molecule has 1 aliphatic carbocycles. The predicted octanol–water partition coefficient (Wildman–Crippen LogP) is 4.76. The number of carbonyl (C=O) groups excluding carboxylic acids is 1. The van der Waals surface area contributed by atoms with Gasteiger partial charge in [0.25, 0.3) is 0 Å². The van der Waals surface area contributed by atoms with Crippen LogP contribution in [-0.2, 0) is 4.79 Å². The third-order valence-electron chi connectivity index (χ3n) is 5.53. The number of hydrogen-bond acceptors (Lipinski definition) is 4. The van der Waals surface area contributed by atoms with Gasteiger partial charge in [-0.1, -0.05) is 26.0 Å². The number of allylic oxidation sites excluding steroid dienone is 2. The van der Waals surface area contributed by atoms with Gasteiger partial charge in [-0.05, 0) is 41.2 Å². The van der Waals surface area contributed by atoms with E-state index >= 15 is 0 Å². The van der Waals surface area contributed by atoms with Crippen LogP contribution in [0.25, 0.3) is 0 Å². The summed E-state index contributed by atoms with van der Waals surface area (Å²) in [6.45, 7) is 4.38. The summed E-state index contributed by atoms with van der Waals surface area (Å²) >= 11 is 0. The Labute approximate surface area is 157 Å². The number of ketones is 1. The molecule has 0 saturated heterocycles. The highest BCUT2D eigenvalue weighted by Gasteiger charge is 2.41. The highest BCUT2D eigenvalue weighted by molar-refractivity contribution is 6.01. The number of anilines is 1. The molecule has 27 heavy (non-hydrogen) atoms. The molecule has 0 spiro atoms. The number of benzene rings is 2. The van der Waals surface area contributed by atoms with Crippen molar-refractivity contribution in [1.82, 2.24) is 0 Å². The maximum absolute atomic E-state index is 14.0. The fourth-order valence-electron chi connectivity index (χ4n) is 4.44. The lowest BCUT2D eigenvalue weighted by Gasteiger charge is -2.39. The van der Waals surface area contributed by atoms with Crippen LogP contribution in [0.3, 0.4) is 0 Å². The monoisotopic (exact) mass is 365 g/mol. The first kappa shape index (κ1) is 16.4. The average Bonchev–Trinajstić information content (AvgIpc) is 3.04. The minimum Gasteiger partial charge on any atom is -0.454 e. The molecule has 0 aromatic heterocycles. The lowest BCUT2D eigenvalue weighted by Crippen LogP contribution is -2.33. The van der Waals surface area contributed by atoms with Gasteiger partial charge in [0.15, 0.2) is 17.3 Å². The number of rotatable bonds is 1. The van der Waals surface area contributed by atoms with Crippen LogP contribution in [0.15, 0.2) is 47.7 Å². The molecule has 4 nitrogen and oxygen atoms in total. The van der Waals surface area contributed by atoms with Crippen molar-refractivity contribution >= 4 is 11.5 Å². The zero-order valence-corrected chi connectivity index (χ0v) is 15.3. The fourth-order valence-corrected chi connectivity index (χ4v) is 4.44. The van der Waals surface area contributed by atoms with Gasteiger partial charge in [-0.2, -0.15) is 0 Å². The van der Waals surface area contributed by atoms with Crippen LogP contribution < -0.4 is 14.8 Å². The first-order valence-corrected chi connectivity index (χ1v) is 9.14. The van der Waals surface area contributed by atoms with E-state index in [9.17, 15) is 9.18 Å². The van der Waals surface area contributed by atoms with Gasteiger partial charge in [-0.25, -0.2) is 4.39 Å². The minimum absolute atomic E-state index is 0.108. The molecule has 2 aromatic rings. The molecular weight excluding hydrogens is 345 g/mol. The second-order valence-corrected chi connectivity index (χ2v) is 8.24. The normalized spacial score (nSPS) is 22.2. The van der Waals surface area contributed by atoms with Crippen LogP contribution in [-0.4, -0.2) is 12.6 Å². The molecule has 5 heteroatoms. The highest BCUT2D eigenvalue weighted by atomic mass is 19.1. The van der Waals surface area contributed by atoms with E-state index in [-0.39, 0.29) is 29.7 Å². The maximum atomic E-state index is 14.0. The molecule has 2 aromatic carbocycles. The van der Waals surface area contributed by atoms with Crippen LogP contribution in [0, 0.1) is 11.2 Å². The molecule has 138 valence electrons. The SMILES string of the molecule is CC1(C)CC(=O)C2=C(C1)Nc1cc3c(cc1C2c1cccc(F)c1)OCO3. The third kappa shape index (κ3) is 2.60. The first-order valence-electron chi connectivity index (χ1n) is 9.14. The van der Waals surface area contributed by atoms with Gasteiger partial charge in [0, 0.05) is 35.4 Å². The van der Waals surface area contributed by atoms with Gasteiger partial charge in [-0.3, -0.25) is 4.79 Å². The summed E-state index contributed by atoms with van der Waals surface area (Å²) in [4.78, 5) is 13.1. The van der Waals surface area contributed by atoms with Crippen molar-refractivity contribution in [1.29, 1.82) is 0 Å². The first-order chi connectivity index (χ1) is 12.9. The second-order valence-electron chi connectivity index (χ2n) is 8.24. The van der Waals surface area contributed by atoms with E-state index in [4.69, 9.17) is 9.47 Å². The second kappa shape index (κ2) is 5.59. The lowest BCUT2D eigenvalue weighted by atomic mass is 9.68. The summed E-state index contributed by atoms with van der Waals surface area (Å²) < 4.78 is 25.1.